The number of fused-ring (bicyclic) bond motifs is 1. The van der Waals surface area contributed by atoms with Crippen LogP contribution in [0.15, 0.2) is 18.6 Å². The lowest BCUT2D eigenvalue weighted by atomic mass is 10.5. The van der Waals surface area contributed by atoms with Crippen molar-refractivity contribution in [2.45, 2.75) is 0 Å². The highest BCUT2D eigenvalue weighted by Gasteiger charge is 1.98. The topological polar surface area (TPSA) is 71.5 Å². The molecule has 0 aliphatic heterocycles. The monoisotopic (exact) mass is 174 g/mol. The third-order valence-electron chi connectivity index (χ3n) is 1.51. The number of carbonyl (C=O) groups is 1. The van der Waals surface area contributed by atoms with Gasteiger partial charge in [0.15, 0.2) is 5.65 Å². The SMILES string of the molecule is O=CC=Cc1nc2ncncc2[nH]1. The van der Waals surface area contributed by atoms with Gasteiger partial charge >= 0.3 is 0 Å². The molecule has 2 rings (SSSR count). The first kappa shape index (κ1) is 7.60. The van der Waals surface area contributed by atoms with Crippen molar-refractivity contribution in [2.75, 3.05) is 0 Å². The van der Waals surface area contributed by atoms with E-state index < -0.39 is 0 Å². The fourth-order valence-corrected chi connectivity index (χ4v) is 0.990. The van der Waals surface area contributed by atoms with E-state index >= 15 is 0 Å². The summed E-state index contributed by atoms with van der Waals surface area (Å²) in [6.45, 7) is 0. The largest absolute Gasteiger partial charge is 0.336 e. The molecule has 0 spiro atoms. The molecule has 0 radical (unpaired) electrons. The van der Waals surface area contributed by atoms with Crippen LogP contribution < -0.4 is 0 Å². The molecule has 0 unspecified atom stereocenters. The van der Waals surface area contributed by atoms with Crippen LogP contribution in [-0.2, 0) is 4.79 Å². The van der Waals surface area contributed by atoms with Crippen LogP contribution in [0.25, 0.3) is 17.2 Å². The standard InChI is InChI=1S/C8H6N4O/c13-3-1-2-7-11-6-4-9-5-10-8(6)12-7/h1-5H,(H,9,10,11,12). The fraction of sp³-hybridized carbons (Fsp3) is 0. The quantitative estimate of drug-likeness (QED) is 0.533. The highest BCUT2D eigenvalue weighted by Crippen LogP contribution is 2.06. The van der Waals surface area contributed by atoms with Crippen LogP contribution in [0.1, 0.15) is 5.82 Å². The minimum Gasteiger partial charge on any atom is -0.336 e. The van der Waals surface area contributed by atoms with E-state index in [2.05, 4.69) is 19.9 Å². The van der Waals surface area contributed by atoms with E-state index in [0.29, 0.717) is 17.8 Å². The number of carbonyl (C=O) groups excluding carboxylic acids is 1. The van der Waals surface area contributed by atoms with Crippen LogP contribution >= 0.6 is 0 Å². The summed E-state index contributed by atoms with van der Waals surface area (Å²) in [6.07, 6.45) is 6.70. The van der Waals surface area contributed by atoms with Crippen molar-refractivity contribution < 1.29 is 4.79 Å². The molecule has 0 bridgehead atoms. The Morgan fingerprint density at radius 3 is 3.15 bits per heavy atom. The van der Waals surface area contributed by atoms with Crippen LogP contribution in [-0.4, -0.2) is 26.2 Å². The summed E-state index contributed by atoms with van der Waals surface area (Å²) in [5.41, 5.74) is 1.36. The molecule has 0 saturated heterocycles. The summed E-state index contributed by atoms with van der Waals surface area (Å²) in [5.74, 6) is 0.600. The fourth-order valence-electron chi connectivity index (χ4n) is 0.990. The summed E-state index contributed by atoms with van der Waals surface area (Å²) in [5, 5.41) is 0. The number of rotatable bonds is 2. The van der Waals surface area contributed by atoms with E-state index in [1.807, 2.05) is 0 Å². The summed E-state index contributed by atoms with van der Waals surface area (Å²) in [6, 6.07) is 0. The first-order valence-corrected chi connectivity index (χ1v) is 3.68. The number of hydrogen-bond donors (Lipinski definition) is 1. The highest BCUT2D eigenvalue weighted by molar-refractivity contribution is 5.76. The molecular weight excluding hydrogens is 168 g/mol. The maximum atomic E-state index is 10.0. The molecule has 0 fully saturated rings. The Labute approximate surface area is 73.5 Å². The zero-order valence-corrected chi connectivity index (χ0v) is 6.64. The summed E-state index contributed by atoms with van der Waals surface area (Å²) < 4.78 is 0. The van der Waals surface area contributed by atoms with Gasteiger partial charge in [0.1, 0.15) is 24.0 Å². The molecule has 2 aromatic rings. The molecule has 0 aliphatic carbocycles. The van der Waals surface area contributed by atoms with Crippen molar-refractivity contribution >= 4 is 23.5 Å². The lowest BCUT2D eigenvalue weighted by Crippen LogP contribution is -1.76. The smallest absolute Gasteiger partial charge is 0.181 e. The molecule has 0 saturated carbocycles. The van der Waals surface area contributed by atoms with E-state index in [-0.39, 0.29) is 0 Å². The average molecular weight is 174 g/mol. The molecule has 5 nitrogen and oxygen atoms in total. The molecule has 0 aromatic carbocycles. The Kier molecular flexibility index (Phi) is 1.84. The van der Waals surface area contributed by atoms with Crippen LogP contribution in [0, 0.1) is 0 Å². The molecule has 2 aromatic heterocycles. The van der Waals surface area contributed by atoms with Crippen molar-refractivity contribution in [3.63, 3.8) is 0 Å². The minimum absolute atomic E-state index is 0.598. The molecule has 13 heavy (non-hydrogen) atoms. The number of hydrogen-bond acceptors (Lipinski definition) is 4. The average Bonchev–Trinajstić information content (AvgIpc) is 2.57. The number of nitrogens with zero attached hydrogens (tertiary/aromatic N) is 3. The molecular formula is C8H6N4O. The molecule has 0 atom stereocenters. The molecule has 64 valence electrons. The Morgan fingerprint density at radius 1 is 1.46 bits per heavy atom. The maximum absolute atomic E-state index is 10.0. The summed E-state index contributed by atoms with van der Waals surface area (Å²) in [7, 11) is 0. The van der Waals surface area contributed by atoms with Crippen LogP contribution in [0.2, 0.25) is 0 Å². The maximum Gasteiger partial charge on any atom is 0.181 e. The van der Waals surface area contributed by atoms with E-state index in [9.17, 15) is 4.79 Å². The predicted molar refractivity (Wildman–Crippen MR) is 46.8 cm³/mol. The lowest BCUT2D eigenvalue weighted by molar-refractivity contribution is -0.104. The molecule has 2 heterocycles. The second-order valence-electron chi connectivity index (χ2n) is 2.38. The number of aldehydes is 1. The predicted octanol–water partition coefficient (Wildman–Crippen LogP) is 0.565. The van der Waals surface area contributed by atoms with Crippen molar-refractivity contribution in [1.82, 2.24) is 19.9 Å². The third kappa shape index (κ3) is 1.44. The third-order valence-corrected chi connectivity index (χ3v) is 1.51. The Bertz CT molecular complexity index is 427. The molecule has 0 aliphatic rings. The normalized spacial score (nSPS) is 11.1. The van der Waals surface area contributed by atoms with E-state index in [0.717, 1.165) is 5.52 Å². The van der Waals surface area contributed by atoms with Gasteiger partial charge in [-0.25, -0.2) is 15.0 Å². The second kappa shape index (κ2) is 3.14. The number of allylic oxidation sites excluding steroid dienone is 1. The van der Waals surface area contributed by atoms with Crippen molar-refractivity contribution in [3.8, 4) is 0 Å². The van der Waals surface area contributed by atoms with Gasteiger partial charge in [-0.1, -0.05) is 0 Å². The molecule has 1 N–H and O–H groups in total. The van der Waals surface area contributed by atoms with E-state index in [1.54, 1.807) is 12.3 Å². The first-order chi connectivity index (χ1) is 6.40. The lowest BCUT2D eigenvalue weighted by Gasteiger charge is -1.80. The van der Waals surface area contributed by atoms with Gasteiger partial charge in [-0.2, -0.15) is 0 Å². The second-order valence-corrected chi connectivity index (χ2v) is 2.38. The van der Waals surface area contributed by atoms with Gasteiger partial charge in [-0.15, -0.1) is 0 Å². The van der Waals surface area contributed by atoms with Gasteiger partial charge in [0.05, 0.1) is 6.20 Å². The first-order valence-electron chi connectivity index (χ1n) is 3.68. The number of aromatic nitrogens is 4. The van der Waals surface area contributed by atoms with Gasteiger partial charge in [0.25, 0.3) is 0 Å². The van der Waals surface area contributed by atoms with Crippen molar-refractivity contribution in [2.24, 2.45) is 0 Å². The highest BCUT2D eigenvalue weighted by atomic mass is 16.1. The van der Waals surface area contributed by atoms with Gasteiger partial charge in [0, 0.05) is 0 Å². The van der Waals surface area contributed by atoms with E-state index in [4.69, 9.17) is 0 Å². The van der Waals surface area contributed by atoms with Crippen molar-refractivity contribution in [1.29, 1.82) is 0 Å². The molecule has 0 amide bonds. The van der Waals surface area contributed by atoms with Gasteiger partial charge in [0.2, 0.25) is 0 Å². The van der Waals surface area contributed by atoms with Crippen LogP contribution in [0.3, 0.4) is 0 Å². The number of nitrogens with one attached hydrogen (secondary N) is 1. The minimum atomic E-state index is 0.598. The summed E-state index contributed by atoms with van der Waals surface area (Å²) >= 11 is 0. The van der Waals surface area contributed by atoms with Gasteiger partial charge in [-0.3, -0.25) is 4.79 Å². The Hall–Kier alpha value is -2.04. The Morgan fingerprint density at radius 2 is 2.38 bits per heavy atom. The molecule has 5 heteroatoms. The van der Waals surface area contributed by atoms with E-state index in [1.165, 1.54) is 12.4 Å². The zero-order chi connectivity index (χ0) is 9.10. The number of imidazole rings is 1. The Balaban J connectivity index is 2.49. The number of aromatic amines is 1. The van der Waals surface area contributed by atoms with Crippen LogP contribution in [0.5, 0.6) is 0 Å². The van der Waals surface area contributed by atoms with Crippen molar-refractivity contribution in [3.05, 3.63) is 24.4 Å². The number of H-pyrrole nitrogens is 1. The van der Waals surface area contributed by atoms with Crippen LogP contribution in [0.4, 0.5) is 0 Å². The van der Waals surface area contributed by atoms with Gasteiger partial charge < -0.3 is 4.98 Å². The van der Waals surface area contributed by atoms with Gasteiger partial charge in [-0.05, 0) is 12.2 Å². The summed E-state index contributed by atoms with van der Waals surface area (Å²) in [4.78, 5) is 24.8. The zero-order valence-electron chi connectivity index (χ0n) is 6.64.